The maximum absolute atomic E-state index is 11.5. The van der Waals surface area contributed by atoms with Crippen molar-refractivity contribution >= 4 is 5.91 Å². The highest BCUT2D eigenvalue weighted by Crippen LogP contribution is 2.19. The number of hydrogen-bond donors (Lipinski definition) is 0. The van der Waals surface area contributed by atoms with E-state index in [4.69, 9.17) is 0 Å². The maximum atomic E-state index is 11.5. The summed E-state index contributed by atoms with van der Waals surface area (Å²) in [5.74, 6) is 0.0358. The lowest BCUT2D eigenvalue weighted by Gasteiger charge is -2.37. The van der Waals surface area contributed by atoms with E-state index in [1.165, 1.54) is 6.08 Å². The second-order valence-corrected chi connectivity index (χ2v) is 3.86. The van der Waals surface area contributed by atoms with Gasteiger partial charge < -0.3 is 4.90 Å². The molecule has 0 radical (unpaired) electrons. The Labute approximate surface area is 81.6 Å². The van der Waals surface area contributed by atoms with E-state index in [2.05, 4.69) is 34.3 Å². The molecule has 0 aromatic rings. The summed E-state index contributed by atoms with van der Waals surface area (Å²) in [6.45, 7) is 12.7. The Morgan fingerprint density at radius 1 is 1.46 bits per heavy atom. The summed E-state index contributed by atoms with van der Waals surface area (Å²) in [6, 6.07) is 0. The molecule has 0 aliphatic carbocycles. The molecule has 13 heavy (non-hydrogen) atoms. The summed E-state index contributed by atoms with van der Waals surface area (Å²) < 4.78 is 0. The molecule has 0 fully saturated rings. The van der Waals surface area contributed by atoms with Crippen molar-refractivity contribution in [2.24, 2.45) is 0 Å². The number of nitrogens with zero attached hydrogens (tertiary/aromatic N) is 1. The van der Waals surface area contributed by atoms with Crippen LogP contribution in [0.25, 0.3) is 0 Å². The summed E-state index contributed by atoms with van der Waals surface area (Å²) in [5.41, 5.74) is -0.0543. The minimum atomic E-state index is -0.0543. The van der Waals surface area contributed by atoms with Crippen LogP contribution in [-0.2, 0) is 4.79 Å². The number of carbonyl (C=O) groups is 1. The first kappa shape index (κ1) is 12.2. The van der Waals surface area contributed by atoms with Gasteiger partial charge in [-0.15, -0.1) is 0 Å². The van der Waals surface area contributed by atoms with Gasteiger partial charge in [0.25, 0.3) is 0 Å². The molecule has 0 aliphatic rings. The van der Waals surface area contributed by atoms with Gasteiger partial charge in [-0.05, 0) is 32.8 Å². The van der Waals surface area contributed by atoms with Crippen molar-refractivity contribution in [3.63, 3.8) is 0 Å². The van der Waals surface area contributed by atoms with Gasteiger partial charge in [0, 0.05) is 12.1 Å². The predicted molar refractivity (Wildman–Crippen MR) is 56.6 cm³/mol. The summed E-state index contributed by atoms with van der Waals surface area (Å²) in [5, 5.41) is 0. The number of rotatable bonds is 5. The first-order valence-corrected chi connectivity index (χ1v) is 4.93. The van der Waals surface area contributed by atoms with Crippen molar-refractivity contribution in [3.05, 3.63) is 12.7 Å². The van der Waals surface area contributed by atoms with Gasteiger partial charge in [0.15, 0.2) is 0 Å². The van der Waals surface area contributed by atoms with E-state index in [0.29, 0.717) is 0 Å². The summed E-state index contributed by atoms with van der Waals surface area (Å²) in [6.07, 6.45) is 3.35. The van der Waals surface area contributed by atoms with E-state index in [9.17, 15) is 4.79 Å². The van der Waals surface area contributed by atoms with E-state index in [1.54, 1.807) is 0 Å². The Balaban J connectivity index is 4.58. The second-order valence-electron chi connectivity index (χ2n) is 3.86. The van der Waals surface area contributed by atoms with Crippen LogP contribution < -0.4 is 0 Å². The molecule has 2 heteroatoms. The van der Waals surface area contributed by atoms with Crippen LogP contribution in [0, 0.1) is 0 Å². The average Bonchev–Trinajstić information content (AvgIpc) is 2.12. The molecule has 0 aromatic carbocycles. The molecule has 2 nitrogen and oxygen atoms in total. The van der Waals surface area contributed by atoms with Crippen LogP contribution in [0.3, 0.4) is 0 Å². The van der Waals surface area contributed by atoms with Crippen LogP contribution in [0.4, 0.5) is 0 Å². The van der Waals surface area contributed by atoms with Gasteiger partial charge in [-0.1, -0.05) is 20.4 Å². The summed E-state index contributed by atoms with van der Waals surface area (Å²) in [4.78, 5) is 13.4. The fourth-order valence-corrected chi connectivity index (χ4v) is 1.24. The Morgan fingerprint density at radius 3 is 2.31 bits per heavy atom. The molecule has 0 N–H and O–H groups in total. The standard InChI is InChI=1S/C11H21NO/c1-6-9-12(10(13)7-2)11(4,5)8-3/h7H,2,6,8-9H2,1,3-5H3. The smallest absolute Gasteiger partial charge is 0.246 e. The second kappa shape index (κ2) is 5.05. The lowest BCUT2D eigenvalue weighted by Crippen LogP contribution is -2.47. The van der Waals surface area contributed by atoms with E-state index < -0.39 is 0 Å². The van der Waals surface area contributed by atoms with Crippen molar-refractivity contribution in [2.45, 2.75) is 46.1 Å². The minimum Gasteiger partial charge on any atom is -0.334 e. The summed E-state index contributed by atoms with van der Waals surface area (Å²) >= 11 is 0. The number of hydrogen-bond acceptors (Lipinski definition) is 1. The lowest BCUT2D eigenvalue weighted by molar-refractivity contribution is -0.131. The molecule has 76 valence electrons. The van der Waals surface area contributed by atoms with Gasteiger partial charge in [-0.25, -0.2) is 0 Å². The third-order valence-corrected chi connectivity index (χ3v) is 2.48. The van der Waals surface area contributed by atoms with Crippen LogP contribution >= 0.6 is 0 Å². The zero-order valence-electron chi connectivity index (χ0n) is 9.26. The molecule has 0 aromatic heterocycles. The van der Waals surface area contributed by atoms with Crippen LogP contribution in [0.1, 0.15) is 40.5 Å². The zero-order chi connectivity index (χ0) is 10.5. The van der Waals surface area contributed by atoms with E-state index in [1.807, 2.05) is 4.90 Å². The highest BCUT2D eigenvalue weighted by molar-refractivity contribution is 5.87. The molecule has 0 atom stereocenters. The molecule has 1 amide bonds. The molecule has 0 rings (SSSR count). The fourth-order valence-electron chi connectivity index (χ4n) is 1.24. The first-order valence-electron chi connectivity index (χ1n) is 4.93. The molecule has 0 heterocycles. The van der Waals surface area contributed by atoms with Crippen molar-refractivity contribution in [1.29, 1.82) is 0 Å². The molecule has 0 aliphatic heterocycles. The monoisotopic (exact) mass is 183 g/mol. The third-order valence-electron chi connectivity index (χ3n) is 2.48. The molecular weight excluding hydrogens is 162 g/mol. The predicted octanol–water partition coefficient (Wildman–Crippen LogP) is 2.60. The molecule has 0 saturated carbocycles. The fraction of sp³-hybridized carbons (Fsp3) is 0.727. The van der Waals surface area contributed by atoms with Gasteiger partial charge >= 0.3 is 0 Å². The minimum absolute atomic E-state index is 0.0358. The van der Waals surface area contributed by atoms with Crippen molar-refractivity contribution < 1.29 is 4.79 Å². The molecular formula is C11H21NO. The molecule has 0 unspecified atom stereocenters. The zero-order valence-corrected chi connectivity index (χ0v) is 9.26. The highest BCUT2D eigenvalue weighted by Gasteiger charge is 2.26. The van der Waals surface area contributed by atoms with Gasteiger partial charge in [-0.2, -0.15) is 0 Å². The van der Waals surface area contributed by atoms with Crippen LogP contribution in [0.2, 0.25) is 0 Å². The number of amides is 1. The van der Waals surface area contributed by atoms with E-state index >= 15 is 0 Å². The Bertz CT molecular complexity index is 185. The van der Waals surface area contributed by atoms with Gasteiger partial charge in [0.05, 0.1) is 0 Å². The Morgan fingerprint density at radius 2 is 2.00 bits per heavy atom. The molecule has 0 saturated heterocycles. The van der Waals surface area contributed by atoms with Crippen LogP contribution in [-0.4, -0.2) is 22.9 Å². The van der Waals surface area contributed by atoms with Crippen molar-refractivity contribution in [3.8, 4) is 0 Å². The van der Waals surface area contributed by atoms with Crippen molar-refractivity contribution in [2.75, 3.05) is 6.54 Å². The normalized spacial score (nSPS) is 11.1. The Kier molecular flexibility index (Phi) is 4.74. The van der Waals surface area contributed by atoms with Gasteiger partial charge in [0.2, 0.25) is 5.91 Å². The van der Waals surface area contributed by atoms with E-state index in [0.717, 1.165) is 19.4 Å². The average molecular weight is 183 g/mol. The van der Waals surface area contributed by atoms with E-state index in [-0.39, 0.29) is 11.4 Å². The largest absolute Gasteiger partial charge is 0.334 e. The lowest BCUT2D eigenvalue weighted by atomic mass is 9.99. The van der Waals surface area contributed by atoms with Gasteiger partial charge in [0.1, 0.15) is 0 Å². The topological polar surface area (TPSA) is 20.3 Å². The SMILES string of the molecule is C=CC(=O)N(CCC)C(C)(C)CC. The van der Waals surface area contributed by atoms with Gasteiger partial charge in [-0.3, -0.25) is 4.79 Å². The highest BCUT2D eigenvalue weighted by atomic mass is 16.2. The molecule has 0 spiro atoms. The van der Waals surface area contributed by atoms with Crippen LogP contribution in [0.15, 0.2) is 12.7 Å². The first-order chi connectivity index (χ1) is 5.99. The Hall–Kier alpha value is -0.790. The third kappa shape index (κ3) is 3.21. The maximum Gasteiger partial charge on any atom is 0.246 e. The van der Waals surface area contributed by atoms with Crippen LogP contribution in [0.5, 0.6) is 0 Å². The quantitative estimate of drug-likeness (QED) is 0.600. The van der Waals surface area contributed by atoms with Crippen molar-refractivity contribution in [1.82, 2.24) is 4.90 Å². The summed E-state index contributed by atoms with van der Waals surface area (Å²) in [7, 11) is 0. The number of carbonyl (C=O) groups excluding carboxylic acids is 1. The molecule has 0 bridgehead atoms.